The first kappa shape index (κ1) is 24.2. The molecule has 2 heterocycles. The molecule has 2 fully saturated rings. The van der Waals surface area contributed by atoms with Gasteiger partial charge in [0.2, 0.25) is 15.9 Å². The van der Waals surface area contributed by atoms with Crippen molar-refractivity contribution in [3.05, 3.63) is 64.7 Å². The quantitative estimate of drug-likeness (QED) is 0.578. The Morgan fingerprint density at radius 1 is 0.909 bits per heavy atom. The van der Waals surface area contributed by atoms with Crippen LogP contribution in [0, 0.1) is 5.92 Å². The molecule has 7 heteroatoms. The van der Waals surface area contributed by atoms with E-state index in [4.69, 9.17) is 11.6 Å². The number of piperidine rings is 1. The van der Waals surface area contributed by atoms with E-state index in [-0.39, 0.29) is 28.2 Å². The molecule has 2 aromatic rings. The summed E-state index contributed by atoms with van der Waals surface area (Å²) in [7, 11) is -3.57. The van der Waals surface area contributed by atoms with Crippen molar-refractivity contribution in [1.82, 2.24) is 9.21 Å². The Bertz CT molecular complexity index is 1080. The van der Waals surface area contributed by atoms with Gasteiger partial charge in [-0.3, -0.25) is 4.79 Å². The summed E-state index contributed by atoms with van der Waals surface area (Å²) < 4.78 is 27.4. The minimum absolute atomic E-state index is 0.101. The lowest BCUT2D eigenvalue weighted by Crippen LogP contribution is -2.44. The third-order valence-corrected chi connectivity index (χ3v) is 9.12. The number of likely N-dealkylation sites (tertiary alicyclic amines) is 1. The fraction of sp³-hybridized carbons (Fsp3) is 0.500. The van der Waals surface area contributed by atoms with E-state index in [1.54, 1.807) is 12.1 Å². The molecule has 0 N–H and O–H groups in total. The molecule has 1 unspecified atom stereocenters. The third kappa shape index (κ3) is 5.13. The van der Waals surface area contributed by atoms with Crippen LogP contribution in [0.2, 0.25) is 5.02 Å². The van der Waals surface area contributed by atoms with Crippen LogP contribution in [0.5, 0.6) is 0 Å². The van der Waals surface area contributed by atoms with E-state index in [9.17, 15) is 13.2 Å². The third-order valence-electron chi connectivity index (χ3n) is 6.95. The molecule has 2 aromatic carbocycles. The minimum Gasteiger partial charge on any atom is -0.335 e. The zero-order valence-corrected chi connectivity index (χ0v) is 21.2. The molecular weight excluding hydrogens is 456 g/mol. The van der Waals surface area contributed by atoms with Crippen molar-refractivity contribution in [3.63, 3.8) is 0 Å². The maximum atomic E-state index is 13.4. The predicted octanol–water partition coefficient (Wildman–Crippen LogP) is 5.40. The number of carbonyl (C=O) groups is 1. The first-order chi connectivity index (χ1) is 15.6. The number of hydrogen-bond acceptors (Lipinski definition) is 3. The average Bonchev–Trinajstić information content (AvgIpc) is 3.28. The molecule has 2 aliphatic heterocycles. The number of hydrogen-bond donors (Lipinski definition) is 0. The highest BCUT2D eigenvalue weighted by Gasteiger charge is 2.37. The van der Waals surface area contributed by atoms with Gasteiger partial charge in [-0.1, -0.05) is 56.6 Å². The number of carbonyl (C=O) groups excluding carboxylic acids is 1. The second-order valence-corrected chi connectivity index (χ2v) is 12.6. The Labute approximate surface area is 202 Å². The van der Waals surface area contributed by atoms with Gasteiger partial charge in [0.05, 0.1) is 10.9 Å². The monoisotopic (exact) mass is 488 g/mol. The van der Waals surface area contributed by atoms with Crippen LogP contribution >= 0.6 is 11.6 Å². The van der Waals surface area contributed by atoms with Crippen LogP contribution in [-0.4, -0.2) is 43.2 Å². The molecule has 1 atom stereocenters. The molecule has 1 amide bonds. The summed E-state index contributed by atoms with van der Waals surface area (Å²) in [6.45, 7) is 8.10. The SMILES string of the molecule is CC(C)(C)c1ccc(C2CCCN2C(=O)C2CCN(S(=O)(=O)c3ccc(Cl)cc3)CC2)cc1. The summed E-state index contributed by atoms with van der Waals surface area (Å²) in [5, 5.41) is 0.506. The van der Waals surface area contributed by atoms with Gasteiger partial charge in [-0.25, -0.2) is 8.42 Å². The van der Waals surface area contributed by atoms with Crippen LogP contribution in [0.3, 0.4) is 0 Å². The van der Waals surface area contributed by atoms with Crippen LogP contribution in [0.1, 0.15) is 63.6 Å². The standard InChI is InChI=1S/C26H33ClN2O3S/c1-26(2,3)21-8-6-19(7-9-21)24-5-4-16-29(24)25(30)20-14-17-28(18-15-20)33(31,32)23-12-10-22(27)11-13-23/h6-13,20,24H,4-5,14-18H2,1-3H3. The summed E-state index contributed by atoms with van der Waals surface area (Å²) in [4.78, 5) is 15.7. The number of benzene rings is 2. The molecule has 2 aliphatic rings. The fourth-order valence-corrected chi connectivity index (χ4v) is 6.51. The van der Waals surface area contributed by atoms with E-state index in [1.807, 2.05) is 4.90 Å². The predicted molar refractivity (Wildman–Crippen MR) is 132 cm³/mol. The van der Waals surface area contributed by atoms with Crippen molar-refractivity contribution >= 4 is 27.5 Å². The number of sulfonamides is 1. The molecule has 0 bridgehead atoms. The molecule has 0 saturated carbocycles. The van der Waals surface area contributed by atoms with Crippen molar-refractivity contribution in [2.24, 2.45) is 5.92 Å². The molecule has 33 heavy (non-hydrogen) atoms. The molecule has 0 radical (unpaired) electrons. The van der Waals surface area contributed by atoms with Gasteiger partial charge in [0.1, 0.15) is 0 Å². The lowest BCUT2D eigenvalue weighted by Gasteiger charge is -2.34. The largest absolute Gasteiger partial charge is 0.335 e. The molecule has 4 rings (SSSR count). The molecule has 0 aromatic heterocycles. The van der Waals surface area contributed by atoms with Crippen molar-refractivity contribution < 1.29 is 13.2 Å². The van der Waals surface area contributed by atoms with Gasteiger partial charge < -0.3 is 4.90 Å². The number of amides is 1. The molecule has 5 nitrogen and oxygen atoms in total. The lowest BCUT2D eigenvalue weighted by molar-refractivity contribution is -0.137. The van der Waals surface area contributed by atoms with Gasteiger partial charge in [0.15, 0.2) is 0 Å². The van der Waals surface area contributed by atoms with Gasteiger partial charge in [-0.2, -0.15) is 4.31 Å². The van der Waals surface area contributed by atoms with E-state index in [0.717, 1.165) is 19.4 Å². The fourth-order valence-electron chi connectivity index (χ4n) is 4.92. The molecular formula is C26H33ClN2O3S. The van der Waals surface area contributed by atoms with Crippen molar-refractivity contribution in [3.8, 4) is 0 Å². The zero-order valence-electron chi connectivity index (χ0n) is 19.6. The smallest absolute Gasteiger partial charge is 0.243 e. The Hall–Kier alpha value is -1.89. The van der Waals surface area contributed by atoms with E-state index >= 15 is 0 Å². The zero-order chi connectivity index (χ0) is 23.8. The van der Waals surface area contributed by atoms with Crippen LogP contribution in [-0.2, 0) is 20.2 Å². The number of halogens is 1. The number of nitrogens with zero attached hydrogens (tertiary/aromatic N) is 2. The van der Waals surface area contributed by atoms with E-state index < -0.39 is 10.0 Å². The van der Waals surface area contributed by atoms with E-state index in [1.165, 1.54) is 27.6 Å². The summed E-state index contributed by atoms with van der Waals surface area (Å²) >= 11 is 5.90. The van der Waals surface area contributed by atoms with E-state index in [0.29, 0.717) is 31.0 Å². The normalized spacial score (nSPS) is 20.8. The maximum absolute atomic E-state index is 13.4. The summed E-state index contributed by atoms with van der Waals surface area (Å²) in [5.74, 6) is 0.0389. The van der Waals surface area contributed by atoms with Crippen LogP contribution in [0.25, 0.3) is 0 Å². The minimum atomic E-state index is -3.57. The van der Waals surface area contributed by atoms with Gasteiger partial charge in [0.25, 0.3) is 0 Å². The highest BCUT2D eigenvalue weighted by molar-refractivity contribution is 7.89. The topological polar surface area (TPSA) is 57.7 Å². The molecule has 0 spiro atoms. The average molecular weight is 489 g/mol. The van der Waals surface area contributed by atoms with Crippen molar-refractivity contribution in [1.29, 1.82) is 0 Å². The second kappa shape index (κ2) is 9.40. The first-order valence-corrected chi connectivity index (χ1v) is 13.6. The molecule has 2 saturated heterocycles. The Balaban J connectivity index is 1.41. The Morgan fingerprint density at radius 2 is 1.52 bits per heavy atom. The molecule has 178 valence electrons. The lowest BCUT2D eigenvalue weighted by atomic mass is 9.86. The highest BCUT2D eigenvalue weighted by atomic mass is 35.5. The van der Waals surface area contributed by atoms with Gasteiger partial charge in [0, 0.05) is 30.6 Å². The maximum Gasteiger partial charge on any atom is 0.243 e. The van der Waals surface area contributed by atoms with Crippen LogP contribution in [0.4, 0.5) is 0 Å². The Kier molecular flexibility index (Phi) is 6.90. The van der Waals surface area contributed by atoms with Crippen molar-refractivity contribution in [2.75, 3.05) is 19.6 Å². The Morgan fingerprint density at radius 3 is 2.09 bits per heavy atom. The van der Waals surface area contributed by atoms with Crippen molar-refractivity contribution in [2.45, 2.75) is 62.8 Å². The summed E-state index contributed by atoms with van der Waals surface area (Å²) in [5.41, 5.74) is 2.58. The van der Waals surface area contributed by atoms with Gasteiger partial charge >= 0.3 is 0 Å². The summed E-state index contributed by atoms with van der Waals surface area (Å²) in [6.07, 6.45) is 3.08. The van der Waals surface area contributed by atoms with Crippen LogP contribution < -0.4 is 0 Å². The molecule has 0 aliphatic carbocycles. The number of rotatable bonds is 4. The highest BCUT2D eigenvalue weighted by Crippen LogP contribution is 2.36. The first-order valence-electron chi connectivity index (χ1n) is 11.7. The second-order valence-electron chi connectivity index (χ2n) is 10.2. The summed E-state index contributed by atoms with van der Waals surface area (Å²) in [6, 6.07) is 15.0. The van der Waals surface area contributed by atoms with Gasteiger partial charge in [-0.15, -0.1) is 0 Å². The van der Waals surface area contributed by atoms with Crippen LogP contribution in [0.15, 0.2) is 53.4 Å². The van der Waals surface area contributed by atoms with E-state index in [2.05, 4.69) is 45.0 Å². The van der Waals surface area contributed by atoms with Gasteiger partial charge in [-0.05, 0) is 66.5 Å².